The van der Waals surface area contributed by atoms with Crippen LogP contribution in [0, 0.1) is 29.4 Å². The van der Waals surface area contributed by atoms with Gasteiger partial charge in [-0.05, 0) is 79.9 Å². The van der Waals surface area contributed by atoms with Crippen molar-refractivity contribution in [2.75, 3.05) is 6.61 Å². The molecule has 0 unspecified atom stereocenters. The monoisotopic (exact) mass is 418 g/mol. The van der Waals surface area contributed by atoms with Crippen LogP contribution in [-0.2, 0) is 11.3 Å². The van der Waals surface area contributed by atoms with E-state index in [1.807, 2.05) is 0 Å². The SMILES string of the molecule is C=CCOCc1c(F)cc([C@H]2CC[C@H]([C@H]3CC[C@H](CCCCC)CC3)CC2)cc1F. The molecular formula is C27H40F2O. The van der Waals surface area contributed by atoms with Crippen molar-refractivity contribution in [2.24, 2.45) is 17.8 Å². The quantitative estimate of drug-likeness (QED) is 0.274. The van der Waals surface area contributed by atoms with Crippen molar-refractivity contribution in [3.05, 3.63) is 47.5 Å². The van der Waals surface area contributed by atoms with Crippen LogP contribution >= 0.6 is 0 Å². The molecule has 2 fully saturated rings. The highest BCUT2D eigenvalue weighted by molar-refractivity contribution is 5.28. The number of benzene rings is 1. The van der Waals surface area contributed by atoms with Crippen LogP contribution in [0.2, 0.25) is 0 Å². The van der Waals surface area contributed by atoms with Gasteiger partial charge in [0.25, 0.3) is 0 Å². The van der Waals surface area contributed by atoms with Gasteiger partial charge in [0.1, 0.15) is 11.6 Å². The first-order valence-corrected chi connectivity index (χ1v) is 12.3. The Morgan fingerprint density at radius 3 is 2.10 bits per heavy atom. The number of hydrogen-bond acceptors (Lipinski definition) is 1. The summed E-state index contributed by atoms with van der Waals surface area (Å²) in [7, 11) is 0. The van der Waals surface area contributed by atoms with Crippen LogP contribution in [0.25, 0.3) is 0 Å². The molecule has 30 heavy (non-hydrogen) atoms. The summed E-state index contributed by atoms with van der Waals surface area (Å²) in [5.74, 6) is 2.00. The van der Waals surface area contributed by atoms with Gasteiger partial charge in [0.2, 0.25) is 0 Å². The third kappa shape index (κ3) is 6.39. The summed E-state index contributed by atoms with van der Waals surface area (Å²) in [6, 6.07) is 3.09. The number of rotatable bonds is 10. The van der Waals surface area contributed by atoms with Crippen molar-refractivity contribution in [1.82, 2.24) is 0 Å². The molecule has 3 heteroatoms. The first kappa shape index (κ1) is 23.4. The minimum atomic E-state index is -0.474. The fraction of sp³-hybridized carbons (Fsp3) is 0.704. The molecule has 0 aliphatic heterocycles. The zero-order valence-corrected chi connectivity index (χ0v) is 18.8. The fourth-order valence-electron chi connectivity index (χ4n) is 5.80. The van der Waals surface area contributed by atoms with Crippen molar-refractivity contribution in [2.45, 2.75) is 96.5 Å². The average molecular weight is 419 g/mol. The first-order valence-electron chi connectivity index (χ1n) is 12.3. The van der Waals surface area contributed by atoms with E-state index in [2.05, 4.69) is 13.5 Å². The highest BCUT2D eigenvalue weighted by Crippen LogP contribution is 2.44. The Hall–Kier alpha value is -1.22. The highest BCUT2D eigenvalue weighted by atomic mass is 19.1. The summed E-state index contributed by atoms with van der Waals surface area (Å²) in [6.07, 6.45) is 17.3. The van der Waals surface area contributed by atoms with Crippen LogP contribution in [0.15, 0.2) is 24.8 Å². The van der Waals surface area contributed by atoms with Gasteiger partial charge < -0.3 is 4.74 Å². The maximum absolute atomic E-state index is 14.5. The van der Waals surface area contributed by atoms with Crippen molar-refractivity contribution >= 4 is 0 Å². The summed E-state index contributed by atoms with van der Waals surface area (Å²) >= 11 is 0. The summed E-state index contributed by atoms with van der Waals surface area (Å²) in [5.41, 5.74) is 0.862. The molecule has 0 N–H and O–H groups in total. The molecule has 0 radical (unpaired) electrons. The second-order valence-corrected chi connectivity index (χ2v) is 9.66. The predicted octanol–water partition coefficient (Wildman–Crippen LogP) is 8.33. The van der Waals surface area contributed by atoms with Crippen molar-refractivity contribution in [3.8, 4) is 0 Å². The molecule has 2 aliphatic rings. The molecule has 3 rings (SSSR count). The van der Waals surface area contributed by atoms with Gasteiger partial charge >= 0.3 is 0 Å². The lowest BCUT2D eigenvalue weighted by molar-refractivity contribution is 0.142. The van der Waals surface area contributed by atoms with Gasteiger partial charge in [0.15, 0.2) is 0 Å². The van der Waals surface area contributed by atoms with Gasteiger partial charge in [0, 0.05) is 5.56 Å². The third-order valence-corrected chi connectivity index (χ3v) is 7.66. The van der Waals surface area contributed by atoms with Gasteiger partial charge in [-0.1, -0.05) is 51.5 Å². The summed E-state index contributed by atoms with van der Waals surface area (Å²) in [4.78, 5) is 0. The van der Waals surface area contributed by atoms with E-state index in [0.717, 1.165) is 36.2 Å². The topological polar surface area (TPSA) is 9.23 Å². The predicted molar refractivity (Wildman–Crippen MR) is 121 cm³/mol. The zero-order valence-electron chi connectivity index (χ0n) is 18.8. The second-order valence-electron chi connectivity index (χ2n) is 9.66. The lowest BCUT2D eigenvalue weighted by Gasteiger charge is -2.38. The Bertz CT molecular complexity index is 632. The molecule has 0 amide bonds. The minimum Gasteiger partial charge on any atom is -0.373 e. The molecule has 2 saturated carbocycles. The van der Waals surface area contributed by atoms with Crippen molar-refractivity contribution < 1.29 is 13.5 Å². The van der Waals surface area contributed by atoms with Crippen LogP contribution < -0.4 is 0 Å². The van der Waals surface area contributed by atoms with Gasteiger partial charge in [-0.15, -0.1) is 6.58 Å². The lowest BCUT2D eigenvalue weighted by Crippen LogP contribution is -2.25. The molecule has 1 aromatic rings. The largest absolute Gasteiger partial charge is 0.373 e. The summed E-state index contributed by atoms with van der Waals surface area (Å²) < 4.78 is 34.2. The van der Waals surface area contributed by atoms with Gasteiger partial charge in [-0.3, -0.25) is 0 Å². The average Bonchev–Trinajstić information content (AvgIpc) is 2.76. The standard InChI is InChI=1S/C27H40F2O/c1-3-5-6-7-20-8-10-21(11-9-20)22-12-14-23(15-13-22)24-17-26(28)25(27(29)18-24)19-30-16-4-2/h4,17-18,20-23H,2-3,5-16,19H2,1H3/t20-,21-,22-,23-. The number of ether oxygens (including phenoxy) is 1. The zero-order chi connectivity index (χ0) is 21.3. The van der Waals surface area contributed by atoms with E-state index in [1.54, 1.807) is 18.2 Å². The maximum Gasteiger partial charge on any atom is 0.131 e. The van der Waals surface area contributed by atoms with Crippen molar-refractivity contribution in [1.29, 1.82) is 0 Å². The fourth-order valence-corrected chi connectivity index (χ4v) is 5.80. The smallest absolute Gasteiger partial charge is 0.131 e. The molecule has 0 atom stereocenters. The van der Waals surface area contributed by atoms with E-state index in [4.69, 9.17) is 4.74 Å². The summed E-state index contributed by atoms with van der Waals surface area (Å²) in [6.45, 7) is 6.09. The lowest BCUT2D eigenvalue weighted by atomic mass is 9.68. The number of hydrogen-bond donors (Lipinski definition) is 0. The molecule has 1 nitrogen and oxygen atoms in total. The van der Waals surface area contributed by atoms with E-state index in [0.29, 0.717) is 12.5 Å². The third-order valence-electron chi connectivity index (χ3n) is 7.66. The molecule has 0 heterocycles. The summed E-state index contributed by atoms with van der Waals surface area (Å²) in [5, 5.41) is 0. The Morgan fingerprint density at radius 2 is 1.53 bits per heavy atom. The Labute approximate surface area is 182 Å². The van der Waals surface area contributed by atoms with E-state index < -0.39 is 11.6 Å². The van der Waals surface area contributed by atoms with Crippen LogP contribution in [0.1, 0.15) is 101 Å². The van der Waals surface area contributed by atoms with Crippen LogP contribution in [-0.4, -0.2) is 6.61 Å². The first-order chi connectivity index (χ1) is 14.6. The number of unbranched alkanes of at least 4 members (excludes halogenated alkanes) is 2. The Balaban J connectivity index is 1.47. The molecule has 0 saturated heterocycles. The van der Waals surface area contributed by atoms with Crippen LogP contribution in [0.3, 0.4) is 0 Å². The minimum absolute atomic E-state index is 0.0324. The molecule has 0 aromatic heterocycles. The molecular weight excluding hydrogens is 378 g/mol. The van der Waals surface area contributed by atoms with E-state index >= 15 is 0 Å². The van der Waals surface area contributed by atoms with Gasteiger partial charge in [-0.25, -0.2) is 8.78 Å². The Morgan fingerprint density at radius 1 is 0.933 bits per heavy atom. The Kier molecular flexibility index (Phi) is 9.36. The van der Waals surface area contributed by atoms with E-state index in [-0.39, 0.29) is 12.2 Å². The van der Waals surface area contributed by atoms with Gasteiger partial charge in [-0.2, -0.15) is 0 Å². The highest BCUT2D eigenvalue weighted by Gasteiger charge is 2.31. The molecule has 0 bridgehead atoms. The van der Waals surface area contributed by atoms with Crippen LogP contribution in [0.4, 0.5) is 8.78 Å². The molecule has 1 aromatic carbocycles. The van der Waals surface area contributed by atoms with Crippen molar-refractivity contribution in [3.63, 3.8) is 0 Å². The van der Waals surface area contributed by atoms with Crippen LogP contribution in [0.5, 0.6) is 0 Å². The number of halogens is 2. The molecule has 0 spiro atoms. The second kappa shape index (κ2) is 12.0. The van der Waals surface area contributed by atoms with E-state index in [1.165, 1.54) is 64.2 Å². The van der Waals surface area contributed by atoms with Gasteiger partial charge in [0.05, 0.1) is 13.2 Å². The molecule has 2 aliphatic carbocycles. The normalized spacial score (nSPS) is 27.2. The maximum atomic E-state index is 14.5. The molecule has 168 valence electrons. The van der Waals surface area contributed by atoms with E-state index in [9.17, 15) is 8.78 Å².